The second-order valence-electron chi connectivity index (χ2n) is 5.74. The minimum atomic E-state index is -0.118. The lowest BCUT2D eigenvalue weighted by molar-refractivity contribution is 0.0959. The van der Waals surface area contributed by atoms with E-state index in [1.54, 1.807) is 6.20 Å². The van der Waals surface area contributed by atoms with Crippen LogP contribution in [0.2, 0.25) is 0 Å². The van der Waals surface area contributed by atoms with Crippen molar-refractivity contribution in [3.05, 3.63) is 42.2 Å². The smallest absolute Gasteiger partial charge is 0.0829 e. The number of likely N-dealkylation sites (N-methyl/N-ethyl adjacent to an activating group) is 2. The highest BCUT2D eigenvalue weighted by molar-refractivity contribution is 5.32. The molecule has 1 aliphatic rings. The molecule has 0 amide bonds. The number of rotatable bonds is 3. The fourth-order valence-electron chi connectivity index (χ4n) is 2.87. The Kier molecular flexibility index (Phi) is 4.01. The SMILES string of the molecule is CN1CCN(C)C(C(N)c2cnnn2-c2ccccc2)C1. The number of nitrogens with zero attached hydrogens (tertiary/aromatic N) is 5. The second kappa shape index (κ2) is 5.93. The summed E-state index contributed by atoms with van der Waals surface area (Å²) in [6.07, 6.45) is 1.78. The fraction of sp³-hybridized carbons (Fsp3) is 0.467. The van der Waals surface area contributed by atoms with E-state index >= 15 is 0 Å². The van der Waals surface area contributed by atoms with Gasteiger partial charge in [-0.2, -0.15) is 0 Å². The van der Waals surface area contributed by atoms with Crippen LogP contribution in [-0.4, -0.2) is 64.6 Å². The summed E-state index contributed by atoms with van der Waals surface area (Å²) in [4.78, 5) is 4.65. The molecule has 2 aromatic rings. The van der Waals surface area contributed by atoms with Crippen LogP contribution >= 0.6 is 0 Å². The van der Waals surface area contributed by atoms with Gasteiger partial charge in [0.05, 0.1) is 23.6 Å². The van der Waals surface area contributed by atoms with Crippen LogP contribution < -0.4 is 5.73 Å². The molecule has 6 heteroatoms. The van der Waals surface area contributed by atoms with E-state index in [4.69, 9.17) is 5.73 Å². The third-order valence-corrected chi connectivity index (χ3v) is 4.23. The first-order valence-electron chi connectivity index (χ1n) is 7.27. The normalized spacial score (nSPS) is 22.3. The zero-order valence-electron chi connectivity index (χ0n) is 12.6. The van der Waals surface area contributed by atoms with E-state index in [0.29, 0.717) is 0 Å². The Morgan fingerprint density at radius 1 is 1.19 bits per heavy atom. The fourth-order valence-corrected chi connectivity index (χ4v) is 2.87. The van der Waals surface area contributed by atoms with E-state index in [1.807, 2.05) is 35.0 Å². The number of para-hydroxylation sites is 1. The van der Waals surface area contributed by atoms with Crippen molar-refractivity contribution in [1.82, 2.24) is 24.8 Å². The third kappa shape index (κ3) is 2.83. The summed E-state index contributed by atoms with van der Waals surface area (Å²) in [5.74, 6) is 0. The van der Waals surface area contributed by atoms with Gasteiger partial charge >= 0.3 is 0 Å². The van der Waals surface area contributed by atoms with Crippen LogP contribution in [0.5, 0.6) is 0 Å². The van der Waals surface area contributed by atoms with Crippen LogP contribution in [0.3, 0.4) is 0 Å². The molecule has 0 aliphatic carbocycles. The van der Waals surface area contributed by atoms with Crippen LogP contribution in [0.4, 0.5) is 0 Å². The Morgan fingerprint density at radius 3 is 2.71 bits per heavy atom. The van der Waals surface area contributed by atoms with Crippen molar-refractivity contribution in [3.8, 4) is 5.69 Å². The van der Waals surface area contributed by atoms with Gasteiger partial charge in [-0.15, -0.1) is 5.10 Å². The van der Waals surface area contributed by atoms with Crippen LogP contribution in [0.15, 0.2) is 36.5 Å². The summed E-state index contributed by atoms with van der Waals surface area (Å²) < 4.78 is 1.84. The molecule has 21 heavy (non-hydrogen) atoms. The van der Waals surface area contributed by atoms with Gasteiger partial charge in [-0.25, -0.2) is 4.68 Å². The van der Waals surface area contributed by atoms with Crippen molar-refractivity contribution in [2.24, 2.45) is 5.73 Å². The Hall–Kier alpha value is -1.76. The summed E-state index contributed by atoms with van der Waals surface area (Å²) in [5, 5.41) is 8.26. The number of piperazine rings is 1. The van der Waals surface area contributed by atoms with Gasteiger partial charge in [-0.3, -0.25) is 4.90 Å². The Balaban J connectivity index is 1.89. The molecule has 2 N–H and O–H groups in total. The largest absolute Gasteiger partial charge is 0.321 e. The molecule has 0 radical (unpaired) electrons. The van der Waals surface area contributed by atoms with Crippen LogP contribution in [-0.2, 0) is 0 Å². The van der Waals surface area contributed by atoms with Crippen molar-refractivity contribution in [3.63, 3.8) is 0 Å². The lowest BCUT2D eigenvalue weighted by Crippen LogP contribution is -2.54. The molecule has 1 aromatic carbocycles. The third-order valence-electron chi connectivity index (χ3n) is 4.23. The number of nitrogens with two attached hydrogens (primary N) is 1. The van der Waals surface area contributed by atoms with Gasteiger partial charge in [0.1, 0.15) is 0 Å². The van der Waals surface area contributed by atoms with Gasteiger partial charge in [0.2, 0.25) is 0 Å². The average Bonchev–Trinajstić information content (AvgIpc) is 2.99. The first kappa shape index (κ1) is 14.2. The Labute approximate surface area is 125 Å². The van der Waals surface area contributed by atoms with Gasteiger partial charge in [0.25, 0.3) is 0 Å². The summed E-state index contributed by atoms with van der Waals surface area (Å²) in [7, 11) is 4.27. The number of benzene rings is 1. The highest BCUT2D eigenvalue weighted by Gasteiger charge is 2.30. The van der Waals surface area contributed by atoms with Gasteiger partial charge in [-0.1, -0.05) is 23.4 Å². The molecule has 2 atom stereocenters. The minimum Gasteiger partial charge on any atom is -0.321 e. The van der Waals surface area contributed by atoms with Crippen molar-refractivity contribution in [1.29, 1.82) is 0 Å². The van der Waals surface area contributed by atoms with E-state index < -0.39 is 0 Å². The van der Waals surface area contributed by atoms with Gasteiger partial charge in [0.15, 0.2) is 0 Å². The summed E-state index contributed by atoms with van der Waals surface area (Å²) in [5.41, 5.74) is 8.48. The minimum absolute atomic E-state index is 0.118. The molecule has 1 aliphatic heterocycles. The molecule has 0 spiro atoms. The lowest BCUT2D eigenvalue weighted by atomic mass is 10.0. The van der Waals surface area contributed by atoms with E-state index in [9.17, 15) is 0 Å². The quantitative estimate of drug-likeness (QED) is 0.891. The highest BCUT2D eigenvalue weighted by atomic mass is 15.4. The van der Waals surface area contributed by atoms with Crippen molar-refractivity contribution < 1.29 is 0 Å². The Morgan fingerprint density at radius 2 is 1.95 bits per heavy atom. The number of hydrogen-bond acceptors (Lipinski definition) is 5. The van der Waals surface area contributed by atoms with Gasteiger partial charge in [0, 0.05) is 25.7 Å². The molecule has 6 nitrogen and oxygen atoms in total. The molecule has 0 bridgehead atoms. The van der Waals surface area contributed by atoms with Crippen LogP contribution in [0.1, 0.15) is 11.7 Å². The topological polar surface area (TPSA) is 63.2 Å². The Bertz CT molecular complexity index is 581. The summed E-state index contributed by atoms with van der Waals surface area (Å²) >= 11 is 0. The highest BCUT2D eigenvalue weighted by Crippen LogP contribution is 2.22. The molecule has 3 rings (SSSR count). The monoisotopic (exact) mass is 286 g/mol. The molecular weight excluding hydrogens is 264 g/mol. The summed E-state index contributed by atoms with van der Waals surface area (Å²) in [6, 6.07) is 10.2. The average molecular weight is 286 g/mol. The lowest BCUT2D eigenvalue weighted by Gasteiger charge is -2.40. The maximum absolute atomic E-state index is 6.54. The van der Waals surface area contributed by atoms with Crippen molar-refractivity contribution in [2.75, 3.05) is 33.7 Å². The predicted octanol–water partition coefficient (Wildman–Crippen LogP) is 0.513. The molecule has 0 saturated carbocycles. The summed E-state index contributed by atoms with van der Waals surface area (Å²) in [6.45, 7) is 3.06. The molecule has 1 aromatic heterocycles. The number of aromatic nitrogens is 3. The predicted molar refractivity (Wildman–Crippen MR) is 82.2 cm³/mol. The molecule has 2 unspecified atom stereocenters. The molecule has 1 saturated heterocycles. The van der Waals surface area contributed by atoms with Crippen molar-refractivity contribution >= 4 is 0 Å². The maximum Gasteiger partial charge on any atom is 0.0829 e. The van der Waals surface area contributed by atoms with Gasteiger partial charge < -0.3 is 10.6 Å². The first-order chi connectivity index (χ1) is 10.2. The van der Waals surface area contributed by atoms with Crippen LogP contribution in [0.25, 0.3) is 5.69 Å². The standard InChI is InChI=1S/C15H22N6/c1-19-8-9-20(2)14(11-19)15(16)13-10-17-18-21(13)12-6-4-3-5-7-12/h3-7,10,14-15H,8-9,11,16H2,1-2H3. The van der Waals surface area contributed by atoms with Gasteiger partial charge in [-0.05, 0) is 26.2 Å². The van der Waals surface area contributed by atoms with Crippen molar-refractivity contribution in [2.45, 2.75) is 12.1 Å². The van der Waals surface area contributed by atoms with E-state index in [1.165, 1.54) is 0 Å². The molecule has 2 heterocycles. The van der Waals surface area contributed by atoms with E-state index in [-0.39, 0.29) is 12.1 Å². The van der Waals surface area contributed by atoms with Crippen LogP contribution in [0, 0.1) is 0 Å². The zero-order valence-corrected chi connectivity index (χ0v) is 12.6. The number of hydrogen-bond donors (Lipinski definition) is 1. The zero-order chi connectivity index (χ0) is 14.8. The molecule has 1 fully saturated rings. The maximum atomic E-state index is 6.54. The van der Waals surface area contributed by atoms with E-state index in [0.717, 1.165) is 31.0 Å². The first-order valence-corrected chi connectivity index (χ1v) is 7.27. The van der Waals surface area contributed by atoms with E-state index in [2.05, 4.69) is 34.2 Å². The molecule has 112 valence electrons. The molecular formula is C15H22N6. The second-order valence-corrected chi connectivity index (χ2v) is 5.74.